The molecule has 1 aliphatic rings. The maximum Gasteiger partial charge on any atom is 0.490 e. The van der Waals surface area contributed by atoms with Gasteiger partial charge in [-0.15, -0.1) is 0 Å². The SMILES string of the molecule is CN(C)C(=O)N1CCc2ncnc(-c3ccncc3)c2CC1.O=C(O)C(F)(F)F. The Morgan fingerprint density at radius 3 is 2.24 bits per heavy atom. The Morgan fingerprint density at radius 1 is 1.10 bits per heavy atom. The predicted molar refractivity (Wildman–Crippen MR) is 97.0 cm³/mol. The lowest BCUT2D eigenvalue weighted by Gasteiger charge is -2.24. The third-order valence-electron chi connectivity index (χ3n) is 4.13. The molecule has 2 aromatic heterocycles. The number of pyridine rings is 1. The normalized spacial score (nSPS) is 13.5. The van der Waals surface area contributed by atoms with E-state index in [1.54, 1.807) is 37.7 Å². The standard InChI is InChI=1S/C16H19N5O.C2HF3O2/c1-20(2)16(22)21-9-5-13-14(6-10-21)18-11-19-15(13)12-3-7-17-8-4-12;3-2(4,5)1(6)7/h3-4,7-8,11H,5-6,9-10H2,1-2H3;(H,6,7). The van der Waals surface area contributed by atoms with Crippen LogP contribution in [-0.4, -0.2) is 75.2 Å². The lowest BCUT2D eigenvalue weighted by atomic mass is 10.0. The first kappa shape index (κ1) is 22.1. The van der Waals surface area contributed by atoms with Crippen LogP contribution in [-0.2, 0) is 17.6 Å². The summed E-state index contributed by atoms with van der Waals surface area (Å²) in [6.07, 6.45) is 1.59. The number of rotatable bonds is 1. The molecule has 0 radical (unpaired) electrons. The number of fused-ring (bicyclic) bond motifs is 1. The fourth-order valence-corrected chi connectivity index (χ4v) is 2.76. The molecule has 3 rings (SSSR count). The van der Waals surface area contributed by atoms with E-state index in [9.17, 15) is 18.0 Å². The topological polar surface area (TPSA) is 99.5 Å². The summed E-state index contributed by atoms with van der Waals surface area (Å²) in [4.78, 5) is 37.5. The highest BCUT2D eigenvalue weighted by Gasteiger charge is 2.38. The van der Waals surface area contributed by atoms with Gasteiger partial charge in [-0.1, -0.05) is 0 Å². The smallest absolute Gasteiger partial charge is 0.475 e. The van der Waals surface area contributed by atoms with Crippen LogP contribution in [0.1, 0.15) is 11.3 Å². The molecule has 3 heterocycles. The minimum Gasteiger partial charge on any atom is -0.475 e. The molecule has 0 fully saturated rings. The molecule has 0 unspecified atom stereocenters. The van der Waals surface area contributed by atoms with Gasteiger partial charge in [0.25, 0.3) is 0 Å². The van der Waals surface area contributed by atoms with Gasteiger partial charge >= 0.3 is 18.2 Å². The molecule has 2 aromatic rings. The number of nitrogens with zero attached hydrogens (tertiary/aromatic N) is 5. The largest absolute Gasteiger partial charge is 0.490 e. The number of hydrogen-bond acceptors (Lipinski definition) is 5. The van der Waals surface area contributed by atoms with Crippen molar-refractivity contribution in [2.45, 2.75) is 19.0 Å². The lowest BCUT2D eigenvalue weighted by molar-refractivity contribution is -0.192. The van der Waals surface area contributed by atoms with Gasteiger partial charge in [-0.25, -0.2) is 19.6 Å². The molecular formula is C18H20F3N5O3. The van der Waals surface area contributed by atoms with Gasteiger partial charge in [0.1, 0.15) is 6.33 Å². The zero-order valence-electron chi connectivity index (χ0n) is 15.8. The molecule has 0 aromatic carbocycles. The van der Waals surface area contributed by atoms with Crippen molar-refractivity contribution in [3.05, 3.63) is 42.1 Å². The first-order valence-corrected chi connectivity index (χ1v) is 8.60. The summed E-state index contributed by atoms with van der Waals surface area (Å²) >= 11 is 0. The predicted octanol–water partition coefficient (Wildman–Crippen LogP) is 2.25. The highest BCUT2D eigenvalue weighted by Crippen LogP contribution is 2.25. The zero-order chi connectivity index (χ0) is 21.6. The van der Waals surface area contributed by atoms with E-state index in [0.29, 0.717) is 13.1 Å². The summed E-state index contributed by atoms with van der Waals surface area (Å²) in [5.41, 5.74) is 4.17. The fraction of sp³-hybridized carbons (Fsp3) is 0.389. The third kappa shape index (κ3) is 5.87. The number of aromatic nitrogens is 3. The molecule has 2 amide bonds. The van der Waals surface area contributed by atoms with Gasteiger partial charge in [0.05, 0.1) is 5.69 Å². The van der Waals surface area contributed by atoms with Gasteiger partial charge in [0.2, 0.25) is 0 Å². The van der Waals surface area contributed by atoms with Gasteiger partial charge in [-0.2, -0.15) is 13.2 Å². The number of carboxylic acids is 1. The number of carbonyl (C=O) groups is 2. The van der Waals surface area contributed by atoms with E-state index in [1.807, 2.05) is 17.0 Å². The van der Waals surface area contributed by atoms with Crippen LogP contribution >= 0.6 is 0 Å². The molecule has 1 aliphatic heterocycles. The highest BCUT2D eigenvalue weighted by atomic mass is 19.4. The van der Waals surface area contributed by atoms with Gasteiger partial charge in [0.15, 0.2) is 0 Å². The Hall–Kier alpha value is -3.24. The first-order chi connectivity index (χ1) is 13.6. The monoisotopic (exact) mass is 411 g/mol. The minimum absolute atomic E-state index is 0.0474. The Bertz CT molecular complexity index is 860. The second-order valence-corrected chi connectivity index (χ2v) is 6.35. The van der Waals surface area contributed by atoms with E-state index in [2.05, 4.69) is 15.0 Å². The third-order valence-corrected chi connectivity index (χ3v) is 4.13. The second-order valence-electron chi connectivity index (χ2n) is 6.35. The number of halogens is 3. The van der Waals surface area contributed by atoms with Gasteiger partial charge in [-0.3, -0.25) is 4.98 Å². The number of aliphatic carboxylic acids is 1. The molecular weight excluding hydrogens is 391 g/mol. The highest BCUT2D eigenvalue weighted by molar-refractivity contribution is 5.74. The molecule has 156 valence electrons. The molecule has 0 saturated carbocycles. The molecule has 0 saturated heterocycles. The molecule has 1 N–H and O–H groups in total. The maximum atomic E-state index is 12.2. The summed E-state index contributed by atoms with van der Waals surface area (Å²) in [5, 5.41) is 7.12. The average molecular weight is 411 g/mol. The van der Waals surface area contributed by atoms with Crippen molar-refractivity contribution >= 4 is 12.0 Å². The van der Waals surface area contributed by atoms with Gasteiger partial charge in [0, 0.05) is 62.8 Å². The van der Waals surface area contributed by atoms with Crippen molar-refractivity contribution in [1.29, 1.82) is 0 Å². The van der Waals surface area contributed by atoms with Crippen LogP contribution in [0.2, 0.25) is 0 Å². The summed E-state index contributed by atoms with van der Waals surface area (Å²) in [5.74, 6) is -2.76. The molecule has 8 nitrogen and oxygen atoms in total. The van der Waals surface area contributed by atoms with Crippen molar-refractivity contribution in [2.75, 3.05) is 27.2 Å². The lowest BCUT2D eigenvalue weighted by Crippen LogP contribution is -2.40. The fourth-order valence-electron chi connectivity index (χ4n) is 2.76. The zero-order valence-corrected chi connectivity index (χ0v) is 15.8. The van der Waals surface area contributed by atoms with Crippen molar-refractivity contribution < 1.29 is 27.9 Å². The first-order valence-electron chi connectivity index (χ1n) is 8.60. The molecule has 11 heteroatoms. The molecule has 29 heavy (non-hydrogen) atoms. The van der Waals surface area contributed by atoms with E-state index < -0.39 is 12.1 Å². The maximum absolute atomic E-state index is 12.2. The molecule has 0 atom stereocenters. The minimum atomic E-state index is -5.08. The Morgan fingerprint density at radius 2 is 1.69 bits per heavy atom. The molecule has 0 spiro atoms. The quantitative estimate of drug-likeness (QED) is 0.773. The van der Waals surface area contributed by atoms with Crippen LogP contribution in [0.15, 0.2) is 30.9 Å². The van der Waals surface area contributed by atoms with Gasteiger partial charge in [-0.05, 0) is 18.6 Å². The van der Waals surface area contributed by atoms with E-state index in [1.165, 1.54) is 0 Å². The average Bonchev–Trinajstić information content (AvgIpc) is 2.90. The Balaban J connectivity index is 0.000000370. The summed E-state index contributed by atoms with van der Waals surface area (Å²) in [6.45, 7) is 1.38. The van der Waals surface area contributed by atoms with Crippen LogP contribution in [0.25, 0.3) is 11.3 Å². The summed E-state index contributed by atoms with van der Waals surface area (Å²) < 4.78 is 31.7. The second kappa shape index (κ2) is 9.30. The number of amides is 2. The van der Waals surface area contributed by atoms with Crippen molar-refractivity contribution in [3.8, 4) is 11.3 Å². The van der Waals surface area contributed by atoms with Crippen molar-refractivity contribution in [3.63, 3.8) is 0 Å². The van der Waals surface area contributed by atoms with Crippen LogP contribution in [0.4, 0.5) is 18.0 Å². The number of urea groups is 1. The Kier molecular flexibility index (Phi) is 7.08. The van der Waals surface area contributed by atoms with E-state index in [-0.39, 0.29) is 6.03 Å². The van der Waals surface area contributed by atoms with E-state index in [0.717, 1.165) is 35.4 Å². The van der Waals surface area contributed by atoms with Crippen LogP contribution in [0.3, 0.4) is 0 Å². The molecule has 0 aliphatic carbocycles. The van der Waals surface area contributed by atoms with Crippen molar-refractivity contribution in [1.82, 2.24) is 24.8 Å². The number of carbonyl (C=O) groups excluding carboxylic acids is 1. The van der Waals surface area contributed by atoms with E-state index in [4.69, 9.17) is 9.90 Å². The van der Waals surface area contributed by atoms with Crippen LogP contribution < -0.4 is 0 Å². The van der Waals surface area contributed by atoms with E-state index >= 15 is 0 Å². The summed E-state index contributed by atoms with van der Waals surface area (Å²) in [6, 6.07) is 3.96. The van der Waals surface area contributed by atoms with Crippen LogP contribution in [0.5, 0.6) is 0 Å². The number of alkyl halides is 3. The number of hydrogen-bond donors (Lipinski definition) is 1. The number of carboxylic acid groups (broad SMARTS) is 1. The Labute approximate surface area is 165 Å². The summed E-state index contributed by atoms with van der Waals surface area (Å²) in [7, 11) is 3.56. The molecule has 0 bridgehead atoms. The van der Waals surface area contributed by atoms with Gasteiger partial charge < -0.3 is 14.9 Å². The van der Waals surface area contributed by atoms with Crippen LogP contribution in [0, 0.1) is 0 Å². The van der Waals surface area contributed by atoms with Crippen molar-refractivity contribution in [2.24, 2.45) is 0 Å².